The Balaban J connectivity index is 1.57. The summed E-state index contributed by atoms with van der Waals surface area (Å²) in [5.41, 5.74) is 1.20. The summed E-state index contributed by atoms with van der Waals surface area (Å²) in [5.74, 6) is 0.476. The Morgan fingerprint density at radius 1 is 1.23 bits per heavy atom. The molecule has 0 spiro atoms. The highest BCUT2D eigenvalue weighted by molar-refractivity contribution is 8.14. The average Bonchev–Trinajstić information content (AvgIpc) is 3.06. The van der Waals surface area contributed by atoms with Gasteiger partial charge in [-0.3, -0.25) is 4.99 Å². The van der Waals surface area contributed by atoms with E-state index in [2.05, 4.69) is 10.3 Å². The third-order valence-corrected chi connectivity index (χ3v) is 6.02. The van der Waals surface area contributed by atoms with Crippen molar-refractivity contribution >= 4 is 22.6 Å². The van der Waals surface area contributed by atoms with Crippen LogP contribution in [0.4, 0.5) is 14.5 Å². The zero-order valence-corrected chi connectivity index (χ0v) is 15.1. The highest BCUT2D eigenvalue weighted by Gasteiger charge is 2.37. The summed E-state index contributed by atoms with van der Waals surface area (Å²) in [5, 5.41) is 3.78. The number of hydrogen-bond acceptors (Lipinski definition) is 5. The molecule has 1 aliphatic heterocycles. The van der Waals surface area contributed by atoms with Gasteiger partial charge in [-0.15, -0.1) is 0 Å². The Kier molecular flexibility index (Phi) is 4.91. The third kappa shape index (κ3) is 3.46. The Morgan fingerprint density at radius 2 is 2.12 bits per heavy atom. The molecule has 26 heavy (non-hydrogen) atoms. The Labute approximate surface area is 155 Å². The first kappa shape index (κ1) is 17.4. The number of hydrogen-bond donors (Lipinski definition) is 1. The molecule has 0 radical (unpaired) electrons. The van der Waals surface area contributed by atoms with E-state index in [-0.39, 0.29) is 17.8 Å². The van der Waals surface area contributed by atoms with Gasteiger partial charge >= 0.3 is 0 Å². The molecule has 0 amide bonds. The van der Waals surface area contributed by atoms with Crippen molar-refractivity contribution in [3.8, 4) is 11.1 Å². The van der Waals surface area contributed by atoms with Crippen molar-refractivity contribution in [3.05, 3.63) is 48.3 Å². The molecular weight excluding hydrogens is 356 g/mol. The highest BCUT2D eigenvalue weighted by atomic mass is 32.2. The van der Waals surface area contributed by atoms with E-state index in [4.69, 9.17) is 9.73 Å². The van der Waals surface area contributed by atoms with Gasteiger partial charge in [0.05, 0.1) is 17.8 Å². The molecule has 1 aromatic heterocycles. The molecule has 4 rings (SSSR count). The Hall–Kier alpha value is -1.99. The van der Waals surface area contributed by atoms with E-state index >= 15 is 0 Å². The smallest absolute Gasteiger partial charge is 0.220 e. The van der Waals surface area contributed by atoms with E-state index < -0.39 is 11.8 Å². The van der Waals surface area contributed by atoms with Crippen LogP contribution in [0.25, 0.3) is 11.1 Å². The maximum absolute atomic E-state index is 14.3. The number of aromatic nitrogens is 1. The van der Waals surface area contributed by atoms with Crippen molar-refractivity contribution in [1.82, 2.24) is 4.98 Å². The lowest BCUT2D eigenvalue weighted by Crippen LogP contribution is -2.25. The molecule has 1 aromatic carbocycles. The van der Waals surface area contributed by atoms with Crippen LogP contribution in [-0.4, -0.2) is 35.2 Å². The van der Waals surface area contributed by atoms with Crippen LogP contribution in [0.15, 0.2) is 41.5 Å². The van der Waals surface area contributed by atoms with Crippen LogP contribution in [0, 0.1) is 17.7 Å². The van der Waals surface area contributed by atoms with Gasteiger partial charge in [0.2, 0.25) is 5.95 Å². The monoisotopic (exact) mass is 375 g/mol. The van der Waals surface area contributed by atoms with Crippen LogP contribution < -0.4 is 5.32 Å². The number of rotatable bonds is 3. The zero-order valence-electron chi connectivity index (χ0n) is 14.3. The summed E-state index contributed by atoms with van der Waals surface area (Å²) in [6.07, 6.45) is 3.56. The molecule has 2 aliphatic rings. The molecular formula is C19H19F2N3OS. The van der Waals surface area contributed by atoms with E-state index in [0.717, 1.165) is 18.6 Å². The van der Waals surface area contributed by atoms with Crippen LogP contribution >= 0.6 is 11.8 Å². The standard InChI is InChI=1S/C19H19F2N3OS/c1-25-13-7-12-10-26-19(23-16(12)9-13)24-17-8-11(4-5-15(17)20)14-3-2-6-22-18(14)21/h2-6,8,12-13,16H,7,9-10H2,1H3,(H,23,24). The first-order valence-corrected chi connectivity index (χ1v) is 9.53. The lowest BCUT2D eigenvalue weighted by Gasteiger charge is -2.23. The second-order valence-corrected chi connectivity index (χ2v) is 7.57. The predicted octanol–water partition coefficient (Wildman–Crippen LogP) is 4.34. The number of nitrogens with one attached hydrogen (secondary N) is 1. The molecule has 1 saturated carbocycles. The summed E-state index contributed by atoms with van der Waals surface area (Å²) in [6.45, 7) is 0. The quantitative estimate of drug-likeness (QED) is 0.811. The van der Waals surface area contributed by atoms with Crippen LogP contribution in [0.5, 0.6) is 0 Å². The minimum atomic E-state index is -0.575. The fourth-order valence-corrected chi connectivity index (χ4v) is 4.65. The number of thioether (sulfide) groups is 1. The molecule has 3 unspecified atom stereocenters. The van der Waals surface area contributed by atoms with E-state index in [1.165, 1.54) is 12.3 Å². The number of methoxy groups -OCH3 is 1. The largest absolute Gasteiger partial charge is 0.381 e. The fourth-order valence-electron chi connectivity index (χ4n) is 3.53. The lowest BCUT2D eigenvalue weighted by molar-refractivity contribution is 0.106. The summed E-state index contributed by atoms with van der Waals surface area (Å²) >= 11 is 1.59. The van der Waals surface area contributed by atoms with Gasteiger partial charge in [-0.1, -0.05) is 17.8 Å². The van der Waals surface area contributed by atoms with E-state index in [9.17, 15) is 8.78 Å². The van der Waals surface area contributed by atoms with Gasteiger partial charge in [0, 0.05) is 24.6 Å². The van der Waals surface area contributed by atoms with Gasteiger partial charge in [0.1, 0.15) is 5.82 Å². The van der Waals surface area contributed by atoms with Gasteiger partial charge in [0.15, 0.2) is 5.17 Å². The number of pyridine rings is 1. The van der Waals surface area contributed by atoms with Crippen molar-refractivity contribution in [2.45, 2.75) is 25.0 Å². The zero-order chi connectivity index (χ0) is 18.1. The molecule has 2 heterocycles. The van der Waals surface area contributed by atoms with E-state index in [0.29, 0.717) is 22.2 Å². The summed E-state index contributed by atoms with van der Waals surface area (Å²) < 4.78 is 33.6. The number of anilines is 1. The van der Waals surface area contributed by atoms with Gasteiger partial charge < -0.3 is 10.1 Å². The highest BCUT2D eigenvalue weighted by Crippen LogP contribution is 2.37. The van der Waals surface area contributed by atoms with E-state index in [1.807, 2.05) is 0 Å². The number of nitrogens with zero attached hydrogens (tertiary/aromatic N) is 2. The molecule has 1 fully saturated rings. The van der Waals surface area contributed by atoms with Crippen LogP contribution in [0.2, 0.25) is 0 Å². The molecule has 0 bridgehead atoms. The van der Waals surface area contributed by atoms with Crippen LogP contribution in [0.1, 0.15) is 12.8 Å². The molecule has 1 N–H and O–H groups in total. The first-order chi connectivity index (χ1) is 12.6. The van der Waals surface area contributed by atoms with Crippen molar-refractivity contribution < 1.29 is 13.5 Å². The minimum Gasteiger partial charge on any atom is -0.381 e. The normalized spacial score (nSPS) is 24.9. The number of fused-ring (bicyclic) bond motifs is 1. The Bertz CT molecular complexity index is 845. The average molecular weight is 375 g/mol. The van der Waals surface area contributed by atoms with Gasteiger partial charge in [-0.2, -0.15) is 4.39 Å². The molecule has 2 aromatic rings. The summed E-state index contributed by atoms with van der Waals surface area (Å²) in [6, 6.07) is 7.97. The number of benzene rings is 1. The van der Waals surface area contributed by atoms with Crippen molar-refractivity contribution in [1.29, 1.82) is 0 Å². The molecule has 1 aliphatic carbocycles. The maximum atomic E-state index is 14.3. The fraction of sp³-hybridized carbons (Fsp3) is 0.368. The van der Waals surface area contributed by atoms with Gasteiger partial charge in [-0.05, 0) is 48.6 Å². The summed E-state index contributed by atoms with van der Waals surface area (Å²) in [7, 11) is 1.73. The minimum absolute atomic E-state index is 0.214. The molecule has 7 heteroatoms. The summed E-state index contributed by atoms with van der Waals surface area (Å²) in [4.78, 5) is 8.39. The third-order valence-electron chi connectivity index (χ3n) is 4.94. The van der Waals surface area contributed by atoms with Gasteiger partial charge in [-0.25, -0.2) is 9.37 Å². The number of ether oxygens (including phenoxy) is 1. The number of halogens is 2. The van der Waals surface area contributed by atoms with Crippen LogP contribution in [0.3, 0.4) is 0 Å². The van der Waals surface area contributed by atoms with Crippen molar-refractivity contribution in [2.75, 3.05) is 18.2 Å². The van der Waals surface area contributed by atoms with Gasteiger partial charge in [0.25, 0.3) is 0 Å². The number of amidine groups is 1. The maximum Gasteiger partial charge on any atom is 0.220 e. The SMILES string of the molecule is COC1CC2CSC(Nc3cc(-c4cccnc4F)ccc3F)=NC2C1. The van der Waals surface area contributed by atoms with E-state index in [1.54, 1.807) is 43.1 Å². The lowest BCUT2D eigenvalue weighted by atomic mass is 10.1. The second-order valence-electron chi connectivity index (χ2n) is 6.56. The topological polar surface area (TPSA) is 46.5 Å². The Morgan fingerprint density at radius 3 is 2.92 bits per heavy atom. The predicted molar refractivity (Wildman–Crippen MR) is 100 cm³/mol. The van der Waals surface area contributed by atoms with Crippen molar-refractivity contribution in [2.24, 2.45) is 10.9 Å². The second kappa shape index (κ2) is 7.32. The van der Waals surface area contributed by atoms with Crippen LogP contribution in [-0.2, 0) is 4.74 Å². The van der Waals surface area contributed by atoms with Crippen molar-refractivity contribution in [3.63, 3.8) is 0 Å². The first-order valence-electron chi connectivity index (χ1n) is 8.55. The molecule has 136 valence electrons. The molecule has 4 nitrogen and oxygen atoms in total. The molecule has 0 saturated heterocycles. The molecule has 3 atom stereocenters. The number of aliphatic imine (C=N–C) groups is 1.